The van der Waals surface area contributed by atoms with Crippen molar-refractivity contribution in [2.24, 2.45) is 0 Å². The molecule has 0 unspecified atom stereocenters. The van der Waals surface area contributed by atoms with Crippen molar-refractivity contribution in [3.8, 4) is 0 Å². The minimum Gasteiger partial charge on any atom is -0.481 e. The monoisotopic (exact) mass is 264 g/mol. The van der Waals surface area contributed by atoms with Crippen LogP contribution in [0.4, 0.5) is 10.5 Å². The van der Waals surface area contributed by atoms with E-state index in [2.05, 4.69) is 0 Å². The molecule has 5 heteroatoms. The molecule has 0 saturated heterocycles. The standard InChI is InChI=1S/C14H20N2O3/c1-4-16(12-8-6-5-7-11(12)2)14(19)15(3)10-9-13(17)18/h5-8H,4,9-10H2,1-3H3,(H,17,18). The number of carboxylic acid groups (broad SMARTS) is 1. The van der Waals surface area contributed by atoms with Gasteiger partial charge in [-0.2, -0.15) is 0 Å². The Morgan fingerprint density at radius 2 is 1.89 bits per heavy atom. The van der Waals surface area contributed by atoms with Gasteiger partial charge < -0.3 is 10.0 Å². The highest BCUT2D eigenvalue weighted by atomic mass is 16.4. The molecule has 0 atom stereocenters. The fourth-order valence-electron chi connectivity index (χ4n) is 1.84. The summed E-state index contributed by atoms with van der Waals surface area (Å²) in [5.74, 6) is -0.904. The van der Waals surface area contributed by atoms with Crippen LogP contribution >= 0.6 is 0 Å². The first-order valence-electron chi connectivity index (χ1n) is 6.27. The summed E-state index contributed by atoms with van der Waals surface area (Å²) in [6.45, 7) is 4.59. The number of rotatable bonds is 5. The fraction of sp³-hybridized carbons (Fsp3) is 0.429. The van der Waals surface area contributed by atoms with Crippen molar-refractivity contribution in [3.63, 3.8) is 0 Å². The second-order valence-corrected chi connectivity index (χ2v) is 4.38. The van der Waals surface area contributed by atoms with Crippen LogP contribution < -0.4 is 4.90 Å². The maximum atomic E-state index is 12.3. The van der Waals surface area contributed by atoms with Crippen molar-refractivity contribution >= 4 is 17.7 Å². The number of para-hydroxylation sites is 1. The lowest BCUT2D eigenvalue weighted by molar-refractivity contribution is -0.137. The minimum atomic E-state index is -0.904. The average Bonchev–Trinajstić information content (AvgIpc) is 2.38. The Hall–Kier alpha value is -2.04. The highest BCUT2D eigenvalue weighted by Crippen LogP contribution is 2.20. The first-order valence-corrected chi connectivity index (χ1v) is 6.27. The number of amides is 2. The SMILES string of the molecule is CCN(C(=O)N(C)CCC(=O)O)c1ccccc1C. The molecule has 1 aromatic rings. The average molecular weight is 264 g/mol. The molecule has 104 valence electrons. The van der Waals surface area contributed by atoms with Gasteiger partial charge in [-0.15, -0.1) is 0 Å². The van der Waals surface area contributed by atoms with Gasteiger partial charge in [-0.1, -0.05) is 18.2 Å². The van der Waals surface area contributed by atoms with Gasteiger partial charge in [-0.25, -0.2) is 4.79 Å². The number of anilines is 1. The van der Waals surface area contributed by atoms with E-state index in [1.54, 1.807) is 11.9 Å². The Bertz CT molecular complexity index is 460. The van der Waals surface area contributed by atoms with Crippen molar-refractivity contribution < 1.29 is 14.7 Å². The van der Waals surface area contributed by atoms with E-state index < -0.39 is 5.97 Å². The number of hydrogen-bond acceptors (Lipinski definition) is 2. The summed E-state index contributed by atoms with van der Waals surface area (Å²) in [6.07, 6.45) is -0.0480. The largest absolute Gasteiger partial charge is 0.481 e. The molecular weight excluding hydrogens is 244 g/mol. The molecule has 0 spiro atoms. The van der Waals surface area contributed by atoms with E-state index in [-0.39, 0.29) is 19.0 Å². The van der Waals surface area contributed by atoms with Crippen molar-refractivity contribution in [1.29, 1.82) is 0 Å². The molecule has 0 aliphatic carbocycles. The van der Waals surface area contributed by atoms with Crippen molar-refractivity contribution in [1.82, 2.24) is 4.90 Å². The number of carbonyl (C=O) groups is 2. The first-order chi connectivity index (χ1) is 8.97. The lowest BCUT2D eigenvalue weighted by Crippen LogP contribution is -2.42. The van der Waals surface area contributed by atoms with E-state index in [9.17, 15) is 9.59 Å². The van der Waals surface area contributed by atoms with Crippen molar-refractivity contribution in [2.75, 3.05) is 25.0 Å². The molecule has 0 heterocycles. The topological polar surface area (TPSA) is 60.9 Å². The van der Waals surface area contributed by atoms with Gasteiger partial charge in [0.05, 0.1) is 6.42 Å². The lowest BCUT2D eigenvalue weighted by atomic mass is 10.2. The third-order valence-electron chi connectivity index (χ3n) is 2.94. The zero-order valence-electron chi connectivity index (χ0n) is 11.6. The summed E-state index contributed by atoms with van der Waals surface area (Å²) in [7, 11) is 1.62. The van der Waals surface area contributed by atoms with Gasteiger partial charge in [0, 0.05) is 25.8 Å². The van der Waals surface area contributed by atoms with Crippen LogP contribution in [0.25, 0.3) is 0 Å². The van der Waals surface area contributed by atoms with Crippen LogP contribution in [0.3, 0.4) is 0 Å². The number of urea groups is 1. The van der Waals surface area contributed by atoms with Crippen LogP contribution in [-0.4, -0.2) is 42.1 Å². The van der Waals surface area contributed by atoms with Crippen LogP contribution in [0.2, 0.25) is 0 Å². The predicted octanol–water partition coefficient (Wildman–Crippen LogP) is 2.35. The smallest absolute Gasteiger partial charge is 0.324 e. The van der Waals surface area contributed by atoms with Crippen LogP contribution in [0, 0.1) is 6.92 Å². The second kappa shape index (κ2) is 6.78. The fourth-order valence-corrected chi connectivity index (χ4v) is 1.84. The van der Waals surface area contributed by atoms with Gasteiger partial charge >= 0.3 is 12.0 Å². The van der Waals surface area contributed by atoms with E-state index in [0.717, 1.165) is 11.3 Å². The highest BCUT2D eigenvalue weighted by Gasteiger charge is 2.19. The third-order valence-corrected chi connectivity index (χ3v) is 2.94. The Kier molecular flexibility index (Phi) is 5.36. The second-order valence-electron chi connectivity index (χ2n) is 4.38. The van der Waals surface area contributed by atoms with Gasteiger partial charge in [0.1, 0.15) is 0 Å². The molecule has 0 aromatic heterocycles. The normalized spacial score (nSPS) is 10.1. The number of aryl methyl sites for hydroxylation is 1. The molecule has 19 heavy (non-hydrogen) atoms. The van der Waals surface area contributed by atoms with Crippen LogP contribution in [0.1, 0.15) is 18.9 Å². The summed E-state index contributed by atoms with van der Waals surface area (Å²) in [6, 6.07) is 7.46. The molecule has 0 aliphatic rings. The summed E-state index contributed by atoms with van der Waals surface area (Å²) in [5.41, 5.74) is 1.88. The van der Waals surface area contributed by atoms with Gasteiger partial charge in [-0.05, 0) is 25.5 Å². The maximum absolute atomic E-state index is 12.3. The Morgan fingerprint density at radius 3 is 2.42 bits per heavy atom. The maximum Gasteiger partial charge on any atom is 0.324 e. The molecule has 5 nitrogen and oxygen atoms in total. The van der Waals surface area contributed by atoms with Crippen LogP contribution in [0.15, 0.2) is 24.3 Å². The zero-order chi connectivity index (χ0) is 14.4. The molecule has 0 fully saturated rings. The summed E-state index contributed by atoms with van der Waals surface area (Å²) in [5, 5.41) is 8.65. The molecule has 1 N–H and O–H groups in total. The summed E-state index contributed by atoms with van der Waals surface area (Å²) >= 11 is 0. The van der Waals surface area contributed by atoms with Crippen molar-refractivity contribution in [2.45, 2.75) is 20.3 Å². The summed E-state index contributed by atoms with van der Waals surface area (Å²) in [4.78, 5) is 25.9. The number of benzene rings is 1. The quantitative estimate of drug-likeness (QED) is 0.888. The van der Waals surface area contributed by atoms with E-state index in [1.165, 1.54) is 4.90 Å². The number of carbonyl (C=O) groups excluding carboxylic acids is 1. The molecule has 0 bridgehead atoms. The third kappa shape index (κ3) is 3.98. The number of carboxylic acids is 1. The number of hydrogen-bond donors (Lipinski definition) is 1. The highest BCUT2D eigenvalue weighted by molar-refractivity contribution is 5.92. The minimum absolute atomic E-state index is 0.0480. The van der Waals surface area contributed by atoms with E-state index in [1.807, 2.05) is 38.1 Å². The Morgan fingerprint density at radius 1 is 1.26 bits per heavy atom. The van der Waals surface area contributed by atoms with E-state index in [4.69, 9.17) is 5.11 Å². The van der Waals surface area contributed by atoms with Gasteiger partial charge in [0.25, 0.3) is 0 Å². The van der Waals surface area contributed by atoms with E-state index >= 15 is 0 Å². The predicted molar refractivity (Wildman–Crippen MR) is 74.5 cm³/mol. The molecular formula is C14H20N2O3. The van der Waals surface area contributed by atoms with Crippen LogP contribution in [-0.2, 0) is 4.79 Å². The molecule has 2 amide bonds. The molecule has 1 rings (SSSR count). The molecule has 0 saturated carbocycles. The summed E-state index contributed by atoms with van der Waals surface area (Å²) < 4.78 is 0. The Balaban J connectivity index is 2.82. The molecule has 0 radical (unpaired) electrons. The zero-order valence-corrected chi connectivity index (χ0v) is 11.6. The number of nitrogens with zero attached hydrogens (tertiary/aromatic N) is 2. The van der Waals surface area contributed by atoms with E-state index in [0.29, 0.717) is 6.54 Å². The van der Waals surface area contributed by atoms with Crippen molar-refractivity contribution in [3.05, 3.63) is 29.8 Å². The molecule has 1 aromatic carbocycles. The molecule has 0 aliphatic heterocycles. The van der Waals surface area contributed by atoms with Crippen LogP contribution in [0.5, 0.6) is 0 Å². The van der Waals surface area contributed by atoms with Gasteiger partial charge in [0.15, 0.2) is 0 Å². The van der Waals surface area contributed by atoms with Gasteiger partial charge in [0.2, 0.25) is 0 Å². The first kappa shape index (κ1) is 15.0. The van der Waals surface area contributed by atoms with Gasteiger partial charge in [-0.3, -0.25) is 9.69 Å². The lowest BCUT2D eigenvalue weighted by Gasteiger charge is -2.28. The Labute approximate surface area is 113 Å². The number of aliphatic carboxylic acids is 1.